The van der Waals surface area contributed by atoms with Gasteiger partial charge in [-0.2, -0.15) is 0 Å². The number of hydrogen-bond acceptors (Lipinski definition) is 3. The van der Waals surface area contributed by atoms with Crippen molar-refractivity contribution in [3.63, 3.8) is 0 Å². The molecule has 2 aromatic carbocycles. The molecule has 0 spiro atoms. The molecule has 0 saturated carbocycles. The number of halogens is 1. The molecule has 1 aromatic heterocycles. The number of amides is 1. The second kappa shape index (κ2) is 6.54. The summed E-state index contributed by atoms with van der Waals surface area (Å²) in [7, 11) is 0. The number of aryl methyl sites for hydroxylation is 1. The van der Waals surface area contributed by atoms with Crippen molar-refractivity contribution in [3.05, 3.63) is 66.0 Å². The van der Waals surface area contributed by atoms with E-state index in [4.69, 9.17) is 5.21 Å². The Kier molecular flexibility index (Phi) is 4.30. The fourth-order valence-electron chi connectivity index (χ4n) is 2.54. The van der Waals surface area contributed by atoms with Crippen LogP contribution in [0.25, 0.3) is 22.2 Å². The first-order chi connectivity index (χ1) is 11.2. The Bertz CT molecular complexity index is 850. The van der Waals surface area contributed by atoms with E-state index in [1.54, 1.807) is 11.5 Å². The standard InChI is InChI=1S/C18H15FN2O2/c19-14-7-8-16-15(11-14)13(6-9-18(22)21-23)10-17(20-16)12-4-2-1-3-5-12/h1-5,7-8,10-11,23H,6,9H2,(H,21,22). The van der Waals surface area contributed by atoms with Gasteiger partial charge in [-0.1, -0.05) is 30.3 Å². The molecule has 0 bridgehead atoms. The maximum Gasteiger partial charge on any atom is 0.243 e. The molecule has 4 nitrogen and oxygen atoms in total. The number of carbonyl (C=O) groups excluding carboxylic acids is 1. The number of aromatic nitrogens is 1. The fraction of sp³-hybridized carbons (Fsp3) is 0.111. The highest BCUT2D eigenvalue weighted by molar-refractivity contribution is 5.86. The van der Waals surface area contributed by atoms with E-state index in [1.807, 2.05) is 36.4 Å². The predicted molar refractivity (Wildman–Crippen MR) is 85.4 cm³/mol. The molecule has 0 aliphatic carbocycles. The number of pyridine rings is 1. The van der Waals surface area contributed by atoms with Gasteiger partial charge in [-0.25, -0.2) is 14.9 Å². The summed E-state index contributed by atoms with van der Waals surface area (Å²) in [6.45, 7) is 0. The Morgan fingerprint density at radius 1 is 1.13 bits per heavy atom. The Morgan fingerprint density at radius 2 is 1.91 bits per heavy atom. The summed E-state index contributed by atoms with van der Waals surface area (Å²) in [6.07, 6.45) is 0.495. The van der Waals surface area contributed by atoms with E-state index in [0.717, 1.165) is 16.8 Å². The number of hydroxylamine groups is 1. The number of carbonyl (C=O) groups is 1. The number of rotatable bonds is 4. The predicted octanol–water partition coefficient (Wildman–Crippen LogP) is 3.48. The highest BCUT2D eigenvalue weighted by Crippen LogP contribution is 2.26. The van der Waals surface area contributed by atoms with Crippen LogP contribution in [0.2, 0.25) is 0 Å². The number of benzene rings is 2. The lowest BCUT2D eigenvalue weighted by molar-refractivity contribution is -0.129. The third kappa shape index (κ3) is 3.35. The largest absolute Gasteiger partial charge is 0.289 e. The number of fused-ring (bicyclic) bond motifs is 1. The molecule has 0 fully saturated rings. The first-order valence-corrected chi connectivity index (χ1v) is 7.25. The van der Waals surface area contributed by atoms with E-state index in [1.165, 1.54) is 12.1 Å². The van der Waals surface area contributed by atoms with Crippen LogP contribution in [0.15, 0.2) is 54.6 Å². The van der Waals surface area contributed by atoms with Gasteiger partial charge in [0.25, 0.3) is 0 Å². The van der Waals surface area contributed by atoms with Crippen LogP contribution >= 0.6 is 0 Å². The summed E-state index contributed by atoms with van der Waals surface area (Å²) in [4.78, 5) is 15.9. The fourth-order valence-corrected chi connectivity index (χ4v) is 2.54. The van der Waals surface area contributed by atoms with Crippen molar-refractivity contribution < 1.29 is 14.4 Å². The van der Waals surface area contributed by atoms with E-state index >= 15 is 0 Å². The number of nitrogens with one attached hydrogen (secondary N) is 1. The SMILES string of the molecule is O=C(CCc1cc(-c2ccccc2)nc2ccc(F)cc12)NO. The number of nitrogens with zero attached hydrogens (tertiary/aromatic N) is 1. The summed E-state index contributed by atoms with van der Waals surface area (Å²) in [5, 5.41) is 9.31. The average Bonchev–Trinajstić information content (AvgIpc) is 2.60. The van der Waals surface area contributed by atoms with Crippen molar-refractivity contribution in [2.24, 2.45) is 0 Å². The van der Waals surface area contributed by atoms with Crippen LogP contribution < -0.4 is 5.48 Å². The van der Waals surface area contributed by atoms with Crippen LogP contribution in [0.5, 0.6) is 0 Å². The average molecular weight is 310 g/mol. The topological polar surface area (TPSA) is 62.2 Å². The van der Waals surface area contributed by atoms with Gasteiger partial charge < -0.3 is 0 Å². The Hall–Kier alpha value is -2.79. The Labute approximate surface area is 132 Å². The molecule has 0 aliphatic rings. The van der Waals surface area contributed by atoms with Gasteiger partial charge >= 0.3 is 0 Å². The first-order valence-electron chi connectivity index (χ1n) is 7.25. The third-order valence-electron chi connectivity index (χ3n) is 3.67. The molecule has 0 aliphatic heterocycles. The second-order valence-electron chi connectivity index (χ2n) is 5.23. The lowest BCUT2D eigenvalue weighted by atomic mass is 10.0. The summed E-state index contributed by atoms with van der Waals surface area (Å²) in [6, 6.07) is 15.9. The molecule has 0 atom stereocenters. The van der Waals surface area contributed by atoms with Crippen LogP contribution in [0.4, 0.5) is 4.39 Å². The van der Waals surface area contributed by atoms with Crippen LogP contribution in [0.3, 0.4) is 0 Å². The molecule has 3 aromatic rings. The minimum Gasteiger partial charge on any atom is -0.289 e. The van der Waals surface area contributed by atoms with Gasteiger partial charge in [0.2, 0.25) is 5.91 Å². The molecule has 23 heavy (non-hydrogen) atoms. The van der Waals surface area contributed by atoms with Gasteiger partial charge in [0.15, 0.2) is 0 Å². The van der Waals surface area contributed by atoms with Gasteiger partial charge in [0, 0.05) is 17.4 Å². The molecule has 1 heterocycles. The van der Waals surface area contributed by atoms with Gasteiger partial charge in [0.05, 0.1) is 11.2 Å². The van der Waals surface area contributed by atoms with Crippen molar-refractivity contribution in [1.82, 2.24) is 10.5 Å². The second-order valence-corrected chi connectivity index (χ2v) is 5.23. The zero-order chi connectivity index (χ0) is 16.2. The molecule has 5 heteroatoms. The smallest absolute Gasteiger partial charge is 0.243 e. The summed E-state index contributed by atoms with van der Waals surface area (Å²) in [5.41, 5.74) is 4.82. The maximum atomic E-state index is 13.6. The number of hydrogen-bond donors (Lipinski definition) is 2. The van der Waals surface area contributed by atoms with E-state index < -0.39 is 5.91 Å². The van der Waals surface area contributed by atoms with Crippen molar-refractivity contribution in [3.8, 4) is 11.3 Å². The molecule has 116 valence electrons. The summed E-state index contributed by atoms with van der Waals surface area (Å²) >= 11 is 0. The maximum absolute atomic E-state index is 13.6. The molecule has 0 saturated heterocycles. The molecule has 0 unspecified atom stereocenters. The molecular formula is C18H15FN2O2. The third-order valence-corrected chi connectivity index (χ3v) is 3.67. The van der Waals surface area contributed by atoms with Gasteiger partial charge in [-0.05, 0) is 36.2 Å². The quantitative estimate of drug-likeness (QED) is 0.573. The molecular weight excluding hydrogens is 295 g/mol. The first kappa shape index (κ1) is 15.1. The molecule has 2 N–H and O–H groups in total. The van der Waals surface area contributed by atoms with Crippen LogP contribution in [0.1, 0.15) is 12.0 Å². The van der Waals surface area contributed by atoms with E-state index in [-0.39, 0.29) is 12.2 Å². The monoisotopic (exact) mass is 310 g/mol. The lowest BCUT2D eigenvalue weighted by Gasteiger charge is -2.10. The Balaban J connectivity index is 2.10. The minimum absolute atomic E-state index is 0.111. The van der Waals surface area contributed by atoms with Gasteiger partial charge in [0.1, 0.15) is 5.82 Å². The summed E-state index contributed by atoms with van der Waals surface area (Å²) in [5.74, 6) is -0.827. The molecule has 3 rings (SSSR count). The Morgan fingerprint density at radius 3 is 2.65 bits per heavy atom. The minimum atomic E-state index is -0.479. The molecule has 0 radical (unpaired) electrons. The highest BCUT2D eigenvalue weighted by atomic mass is 19.1. The molecule has 1 amide bonds. The van der Waals surface area contributed by atoms with E-state index in [0.29, 0.717) is 17.3 Å². The van der Waals surface area contributed by atoms with Crippen molar-refractivity contribution in [1.29, 1.82) is 0 Å². The zero-order valence-electron chi connectivity index (χ0n) is 12.3. The van der Waals surface area contributed by atoms with Crippen molar-refractivity contribution in [2.75, 3.05) is 0 Å². The lowest BCUT2D eigenvalue weighted by Crippen LogP contribution is -2.18. The van der Waals surface area contributed by atoms with Gasteiger partial charge in [-0.3, -0.25) is 10.0 Å². The summed E-state index contributed by atoms with van der Waals surface area (Å²) < 4.78 is 13.6. The highest BCUT2D eigenvalue weighted by Gasteiger charge is 2.10. The van der Waals surface area contributed by atoms with Crippen molar-refractivity contribution >= 4 is 16.8 Å². The van der Waals surface area contributed by atoms with E-state index in [2.05, 4.69) is 4.98 Å². The van der Waals surface area contributed by atoms with Crippen LogP contribution in [-0.4, -0.2) is 16.1 Å². The van der Waals surface area contributed by atoms with Crippen molar-refractivity contribution in [2.45, 2.75) is 12.8 Å². The van der Waals surface area contributed by atoms with Crippen LogP contribution in [0, 0.1) is 5.82 Å². The van der Waals surface area contributed by atoms with Gasteiger partial charge in [-0.15, -0.1) is 0 Å². The van der Waals surface area contributed by atoms with E-state index in [9.17, 15) is 9.18 Å². The zero-order valence-corrected chi connectivity index (χ0v) is 12.3. The van der Waals surface area contributed by atoms with Crippen LogP contribution in [-0.2, 0) is 11.2 Å². The normalized spacial score (nSPS) is 10.7.